The van der Waals surface area contributed by atoms with Crippen LogP contribution in [0, 0.1) is 0 Å². The fraction of sp³-hybridized carbons (Fsp3) is 0.500. The summed E-state index contributed by atoms with van der Waals surface area (Å²) in [6.07, 6.45) is 0.446. The number of hydrogen-bond donors (Lipinski definition) is 2. The molecule has 8 heteroatoms. The topological polar surface area (TPSA) is 95.7 Å². The average molecular weight is 383 g/mol. The SMILES string of the molecule is CC(=O)N1CCN(C(=O)CCNC(=O)CC(N)c2ccccc2)CC1.Cl. The standard InChI is InChI=1S/C18H26N4O3.ClH/c1-14(23)21-9-11-22(12-10-21)18(25)7-8-20-17(24)13-16(19)15-5-3-2-4-6-15;/h2-6,16H,7-13,19H2,1H3,(H,20,24);1H. The predicted octanol–water partition coefficient (Wildman–Crippen LogP) is 0.695. The Morgan fingerprint density at radius 3 is 2.23 bits per heavy atom. The van der Waals surface area contributed by atoms with Crippen LogP contribution in [-0.4, -0.2) is 60.2 Å². The molecule has 3 amide bonds. The second-order valence-electron chi connectivity index (χ2n) is 6.21. The van der Waals surface area contributed by atoms with Gasteiger partial charge in [-0.15, -0.1) is 12.4 Å². The van der Waals surface area contributed by atoms with Gasteiger partial charge in [0.15, 0.2) is 0 Å². The third-order valence-corrected chi connectivity index (χ3v) is 4.37. The molecule has 1 heterocycles. The lowest BCUT2D eigenvalue weighted by Crippen LogP contribution is -2.50. The Morgan fingerprint density at radius 1 is 1.08 bits per heavy atom. The van der Waals surface area contributed by atoms with Gasteiger partial charge < -0.3 is 20.9 Å². The summed E-state index contributed by atoms with van der Waals surface area (Å²) >= 11 is 0. The van der Waals surface area contributed by atoms with Crippen LogP contribution in [0.25, 0.3) is 0 Å². The van der Waals surface area contributed by atoms with Crippen LogP contribution in [0.3, 0.4) is 0 Å². The smallest absolute Gasteiger partial charge is 0.224 e. The van der Waals surface area contributed by atoms with Gasteiger partial charge in [-0.2, -0.15) is 0 Å². The summed E-state index contributed by atoms with van der Waals surface area (Å²) in [5.41, 5.74) is 6.93. The Hall–Kier alpha value is -2.12. The Bertz CT molecular complexity index is 604. The quantitative estimate of drug-likeness (QED) is 0.756. The third-order valence-electron chi connectivity index (χ3n) is 4.37. The van der Waals surface area contributed by atoms with Crippen molar-refractivity contribution in [2.45, 2.75) is 25.8 Å². The summed E-state index contributed by atoms with van der Waals surface area (Å²) in [7, 11) is 0. The first-order valence-corrected chi connectivity index (χ1v) is 8.58. The highest BCUT2D eigenvalue weighted by molar-refractivity contribution is 5.85. The van der Waals surface area contributed by atoms with Crippen molar-refractivity contribution in [3.05, 3.63) is 35.9 Å². The number of carbonyl (C=O) groups excluding carboxylic acids is 3. The molecule has 1 aliphatic rings. The molecule has 0 spiro atoms. The summed E-state index contributed by atoms with van der Waals surface area (Å²) in [5.74, 6) is -0.129. The van der Waals surface area contributed by atoms with Gasteiger partial charge in [-0.1, -0.05) is 30.3 Å². The second-order valence-corrected chi connectivity index (χ2v) is 6.21. The minimum absolute atomic E-state index is 0. The lowest BCUT2D eigenvalue weighted by atomic mass is 10.0. The Kier molecular flexibility index (Phi) is 9.09. The van der Waals surface area contributed by atoms with Crippen molar-refractivity contribution in [3.63, 3.8) is 0 Å². The molecule has 0 aliphatic carbocycles. The van der Waals surface area contributed by atoms with Gasteiger partial charge in [0.1, 0.15) is 0 Å². The van der Waals surface area contributed by atoms with Crippen LogP contribution in [0.4, 0.5) is 0 Å². The molecule has 2 rings (SSSR count). The van der Waals surface area contributed by atoms with Gasteiger partial charge in [0, 0.05) is 58.5 Å². The van der Waals surface area contributed by atoms with Gasteiger partial charge in [0.05, 0.1) is 0 Å². The molecule has 0 saturated carbocycles. The second kappa shape index (κ2) is 10.8. The molecule has 3 N–H and O–H groups in total. The molecule has 1 aliphatic heterocycles. The molecule has 0 aromatic heterocycles. The molecule has 1 saturated heterocycles. The summed E-state index contributed by atoms with van der Waals surface area (Å²) in [5, 5.41) is 2.75. The van der Waals surface area contributed by atoms with Crippen molar-refractivity contribution in [2.75, 3.05) is 32.7 Å². The van der Waals surface area contributed by atoms with Crippen molar-refractivity contribution in [2.24, 2.45) is 5.73 Å². The number of amides is 3. The fourth-order valence-electron chi connectivity index (χ4n) is 2.83. The van der Waals surface area contributed by atoms with E-state index in [-0.39, 0.29) is 49.0 Å². The van der Waals surface area contributed by atoms with Crippen LogP contribution in [-0.2, 0) is 14.4 Å². The van der Waals surface area contributed by atoms with Gasteiger partial charge >= 0.3 is 0 Å². The first-order valence-electron chi connectivity index (χ1n) is 8.58. The van der Waals surface area contributed by atoms with E-state index in [9.17, 15) is 14.4 Å². The number of hydrogen-bond acceptors (Lipinski definition) is 4. The zero-order chi connectivity index (χ0) is 18.2. The van der Waals surface area contributed by atoms with Crippen LogP contribution < -0.4 is 11.1 Å². The van der Waals surface area contributed by atoms with E-state index in [1.54, 1.807) is 9.80 Å². The first kappa shape index (κ1) is 21.9. The largest absolute Gasteiger partial charge is 0.356 e. The van der Waals surface area contributed by atoms with Crippen molar-refractivity contribution in [1.82, 2.24) is 15.1 Å². The summed E-state index contributed by atoms with van der Waals surface area (Å²) < 4.78 is 0. The maximum Gasteiger partial charge on any atom is 0.224 e. The molecule has 1 atom stereocenters. The normalized spacial score (nSPS) is 15.0. The van der Waals surface area contributed by atoms with Crippen molar-refractivity contribution >= 4 is 30.1 Å². The molecule has 1 aromatic carbocycles. The number of nitrogens with zero attached hydrogens (tertiary/aromatic N) is 2. The third kappa shape index (κ3) is 6.65. The van der Waals surface area contributed by atoms with E-state index < -0.39 is 0 Å². The van der Waals surface area contributed by atoms with Crippen LogP contribution in [0.2, 0.25) is 0 Å². The zero-order valence-corrected chi connectivity index (χ0v) is 15.8. The summed E-state index contributed by atoms with van der Waals surface area (Å²) in [4.78, 5) is 38.8. The minimum Gasteiger partial charge on any atom is -0.356 e. The highest BCUT2D eigenvalue weighted by Crippen LogP contribution is 2.12. The number of nitrogens with one attached hydrogen (secondary N) is 1. The van der Waals surface area contributed by atoms with Crippen LogP contribution in [0.15, 0.2) is 30.3 Å². The van der Waals surface area contributed by atoms with Crippen LogP contribution in [0.1, 0.15) is 31.4 Å². The lowest BCUT2D eigenvalue weighted by Gasteiger charge is -2.34. The fourth-order valence-corrected chi connectivity index (χ4v) is 2.83. The van der Waals surface area contributed by atoms with Crippen molar-refractivity contribution in [1.29, 1.82) is 0 Å². The monoisotopic (exact) mass is 382 g/mol. The van der Waals surface area contributed by atoms with Gasteiger partial charge in [0.25, 0.3) is 0 Å². The number of piperazine rings is 1. The van der Waals surface area contributed by atoms with E-state index in [1.807, 2.05) is 30.3 Å². The van der Waals surface area contributed by atoms with E-state index in [2.05, 4.69) is 5.32 Å². The van der Waals surface area contributed by atoms with E-state index in [1.165, 1.54) is 6.92 Å². The first-order chi connectivity index (χ1) is 12.0. The number of benzene rings is 1. The minimum atomic E-state index is -0.350. The Balaban J connectivity index is 0.00000338. The number of carbonyl (C=O) groups is 3. The zero-order valence-electron chi connectivity index (χ0n) is 15.0. The molecule has 0 radical (unpaired) electrons. The predicted molar refractivity (Wildman–Crippen MR) is 102 cm³/mol. The molecule has 7 nitrogen and oxygen atoms in total. The van der Waals surface area contributed by atoms with E-state index in [4.69, 9.17) is 5.73 Å². The molecular formula is C18H27ClN4O3. The van der Waals surface area contributed by atoms with E-state index in [0.29, 0.717) is 32.7 Å². The Morgan fingerprint density at radius 2 is 1.65 bits per heavy atom. The van der Waals surface area contributed by atoms with Gasteiger partial charge in [-0.05, 0) is 5.56 Å². The van der Waals surface area contributed by atoms with Crippen LogP contribution in [0.5, 0.6) is 0 Å². The highest BCUT2D eigenvalue weighted by Gasteiger charge is 2.22. The average Bonchev–Trinajstić information content (AvgIpc) is 2.62. The summed E-state index contributed by atoms with van der Waals surface area (Å²) in [6.45, 7) is 4.06. The van der Waals surface area contributed by atoms with E-state index >= 15 is 0 Å². The Labute approximate surface area is 160 Å². The number of nitrogens with two attached hydrogens (primary N) is 1. The number of halogens is 1. The molecule has 1 fully saturated rings. The van der Waals surface area contributed by atoms with Gasteiger partial charge in [0.2, 0.25) is 17.7 Å². The maximum atomic E-state index is 12.1. The molecule has 0 bridgehead atoms. The molecule has 26 heavy (non-hydrogen) atoms. The highest BCUT2D eigenvalue weighted by atomic mass is 35.5. The van der Waals surface area contributed by atoms with Crippen LogP contribution >= 0.6 is 12.4 Å². The molecule has 1 aromatic rings. The maximum absolute atomic E-state index is 12.1. The lowest BCUT2D eigenvalue weighted by molar-refractivity contribution is -0.138. The van der Waals surface area contributed by atoms with Gasteiger partial charge in [-0.25, -0.2) is 0 Å². The van der Waals surface area contributed by atoms with Gasteiger partial charge in [-0.3, -0.25) is 14.4 Å². The van der Waals surface area contributed by atoms with Crippen molar-refractivity contribution < 1.29 is 14.4 Å². The number of rotatable bonds is 6. The molecule has 144 valence electrons. The molecule has 1 unspecified atom stereocenters. The summed E-state index contributed by atoms with van der Waals surface area (Å²) in [6, 6.07) is 9.11. The van der Waals surface area contributed by atoms with Crippen molar-refractivity contribution in [3.8, 4) is 0 Å². The molecular weight excluding hydrogens is 356 g/mol. The van der Waals surface area contributed by atoms with E-state index in [0.717, 1.165) is 5.56 Å².